The first-order valence-corrected chi connectivity index (χ1v) is 14.2. The van der Waals surface area contributed by atoms with Crippen LogP contribution in [-0.4, -0.2) is 42.3 Å². The molecular weight excluding hydrogens is 544 g/mol. The number of amides is 2. The van der Waals surface area contributed by atoms with Crippen molar-refractivity contribution >= 4 is 40.2 Å². The van der Waals surface area contributed by atoms with E-state index < -0.39 is 12.6 Å². The van der Waals surface area contributed by atoms with Crippen molar-refractivity contribution < 1.29 is 28.7 Å². The van der Waals surface area contributed by atoms with E-state index in [0.717, 1.165) is 6.42 Å². The Balaban J connectivity index is 1.14. The van der Waals surface area contributed by atoms with Gasteiger partial charge in [-0.25, -0.2) is 9.78 Å². The van der Waals surface area contributed by atoms with Gasteiger partial charge < -0.3 is 9.47 Å². The number of ketones is 1. The van der Waals surface area contributed by atoms with Gasteiger partial charge in [0.15, 0.2) is 12.4 Å². The molecule has 4 atom stereocenters. The number of esters is 1. The number of carbonyl (C=O) groups excluding carboxylic acids is 4. The van der Waals surface area contributed by atoms with Crippen LogP contribution >= 0.6 is 0 Å². The number of hydrogen-bond acceptors (Lipinski definition) is 7. The summed E-state index contributed by atoms with van der Waals surface area (Å²) >= 11 is 0. The lowest BCUT2D eigenvalue weighted by atomic mass is 9.82. The second-order valence-corrected chi connectivity index (χ2v) is 11.3. The average Bonchev–Trinajstić information content (AvgIpc) is 3.68. The fourth-order valence-electron chi connectivity index (χ4n) is 6.89. The Morgan fingerprint density at radius 3 is 2.49 bits per heavy atom. The van der Waals surface area contributed by atoms with E-state index in [1.807, 2.05) is 6.07 Å². The predicted molar refractivity (Wildman–Crippen MR) is 160 cm³/mol. The Kier molecular flexibility index (Phi) is 6.42. The Labute approximate surface area is 247 Å². The van der Waals surface area contributed by atoms with Gasteiger partial charge in [-0.15, -0.1) is 0 Å². The highest BCUT2D eigenvalue weighted by Crippen LogP contribution is 2.55. The molecule has 1 saturated carbocycles. The van der Waals surface area contributed by atoms with Gasteiger partial charge in [0, 0.05) is 16.5 Å². The van der Waals surface area contributed by atoms with E-state index in [4.69, 9.17) is 14.5 Å². The Bertz CT molecular complexity index is 1860. The molecular formula is C35H28N2O6. The van der Waals surface area contributed by atoms with Crippen molar-refractivity contribution in [1.82, 2.24) is 4.98 Å². The van der Waals surface area contributed by atoms with Crippen molar-refractivity contribution in [2.45, 2.75) is 13.3 Å². The van der Waals surface area contributed by atoms with Crippen LogP contribution < -0.4 is 9.64 Å². The van der Waals surface area contributed by atoms with Crippen LogP contribution in [0.1, 0.15) is 34.1 Å². The average molecular weight is 573 g/mol. The zero-order valence-corrected chi connectivity index (χ0v) is 23.7. The second-order valence-electron chi connectivity index (χ2n) is 11.3. The van der Waals surface area contributed by atoms with Gasteiger partial charge >= 0.3 is 5.97 Å². The fourth-order valence-corrected chi connectivity index (χ4v) is 6.89. The molecule has 7 rings (SSSR count). The number of aromatic nitrogens is 1. The second kappa shape index (κ2) is 10.3. The van der Waals surface area contributed by atoms with Gasteiger partial charge in [0.1, 0.15) is 5.75 Å². The number of para-hydroxylation sites is 1. The summed E-state index contributed by atoms with van der Waals surface area (Å²) in [5, 5.41) is 0.597. The van der Waals surface area contributed by atoms with Crippen LogP contribution in [0.3, 0.4) is 0 Å². The molecule has 3 aliphatic rings. The lowest BCUT2D eigenvalue weighted by Crippen LogP contribution is -2.32. The third kappa shape index (κ3) is 4.41. The molecule has 0 N–H and O–H groups in total. The van der Waals surface area contributed by atoms with E-state index in [0.29, 0.717) is 39.2 Å². The van der Waals surface area contributed by atoms with Gasteiger partial charge in [-0.2, -0.15) is 0 Å². The van der Waals surface area contributed by atoms with Crippen LogP contribution in [0.5, 0.6) is 5.75 Å². The number of benzene rings is 3. The number of allylic oxidation sites excluding steroid dienone is 2. The van der Waals surface area contributed by atoms with E-state index in [2.05, 4.69) is 13.0 Å². The van der Waals surface area contributed by atoms with Crippen molar-refractivity contribution in [2.24, 2.45) is 23.7 Å². The smallest absolute Gasteiger partial charge is 0.339 e. The Morgan fingerprint density at radius 2 is 1.70 bits per heavy atom. The number of Topliss-reactive ketones (excluding diaryl/α,β-unsaturated/α-hetero) is 1. The van der Waals surface area contributed by atoms with Gasteiger partial charge in [0.05, 0.1) is 41.4 Å². The summed E-state index contributed by atoms with van der Waals surface area (Å²) in [7, 11) is 1.51. The molecule has 3 aromatic carbocycles. The molecule has 1 aromatic heterocycles. The summed E-state index contributed by atoms with van der Waals surface area (Å²) < 4.78 is 10.6. The molecule has 2 fully saturated rings. The molecule has 214 valence electrons. The molecule has 2 aliphatic carbocycles. The topological polar surface area (TPSA) is 103 Å². The van der Waals surface area contributed by atoms with Crippen molar-refractivity contribution in [1.29, 1.82) is 0 Å². The van der Waals surface area contributed by atoms with Gasteiger partial charge in [0.25, 0.3) is 0 Å². The summed E-state index contributed by atoms with van der Waals surface area (Å²) in [6.07, 6.45) is 3.05. The first-order chi connectivity index (χ1) is 20.8. The van der Waals surface area contributed by atoms with Gasteiger partial charge in [-0.3, -0.25) is 19.3 Å². The molecule has 2 bridgehead atoms. The zero-order valence-electron chi connectivity index (χ0n) is 23.7. The Morgan fingerprint density at radius 1 is 0.930 bits per heavy atom. The molecule has 4 unspecified atom stereocenters. The number of rotatable bonds is 7. The quantitative estimate of drug-likeness (QED) is 0.122. The minimum absolute atomic E-state index is 0.125. The molecule has 43 heavy (non-hydrogen) atoms. The minimum atomic E-state index is -0.647. The number of pyridine rings is 1. The van der Waals surface area contributed by atoms with Gasteiger partial charge in [-0.1, -0.05) is 54.1 Å². The van der Waals surface area contributed by atoms with E-state index in [1.54, 1.807) is 72.8 Å². The number of nitrogens with zero attached hydrogens (tertiary/aromatic N) is 2. The first kappa shape index (κ1) is 26.8. The number of anilines is 1. The SMILES string of the molecule is COc1cccc(C(=O)COC(=O)c2cc(-c3ccc(N4C(=O)C5C6C=C(C)C(C6)C5C4=O)cc3)nc3ccccc23)c1. The van der Waals surface area contributed by atoms with Crippen molar-refractivity contribution in [2.75, 3.05) is 18.6 Å². The lowest BCUT2D eigenvalue weighted by molar-refractivity contribution is -0.123. The van der Waals surface area contributed by atoms with Gasteiger partial charge in [-0.05, 0) is 61.6 Å². The summed E-state index contributed by atoms with van der Waals surface area (Å²) in [5.41, 5.74) is 4.21. The summed E-state index contributed by atoms with van der Waals surface area (Å²) in [6.45, 7) is 1.62. The molecule has 0 spiro atoms. The van der Waals surface area contributed by atoms with Crippen molar-refractivity contribution in [3.05, 3.63) is 102 Å². The zero-order chi connectivity index (χ0) is 29.8. The number of carbonyl (C=O) groups is 4. The molecule has 1 aliphatic heterocycles. The normalized spacial score (nSPS) is 22.1. The largest absolute Gasteiger partial charge is 0.497 e. The predicted octanol–water partition coefficient (Wildman–Crippen LogP) is 5.65. The Hall–Kier alpha value is -5.11. The van der Waals surface area contributed by atoms with E-state index in [-0.39, 0.29) is 46.8 Å². The third-order valence-electron chi connectivity index (χ3n) is 8.96. The van der Waals surface area contributed by atoms with Crippen molar-refractivity contribution in [3.8, 4) is 17.0 Å². The molecule has 2 heterocycles. The maximum atomic E-state index is 13.4. The van der Waals surface area contributed by atoms with E-state index in [9.17, 15) is 19.2 Å². The highest BCUT2D eigenvalue weighted by Gasteiger charge is 2.60. The molecule has 0 radical (unpaired) electrons. The van der Waals surface area contributed by atoms with Crippen LogP contribution in [0.15, 0.2) is 90.5 Å². The number of hydrogen-bond donors (Lipinski definition) is 0. The summed E-state index contributed by atoms with van der Waals surface area (Å²) in [6, 6.07) is 22.6. The van der Waals surface area contributed by atoms with E-state index >= 15 is 0 Å². The number of imide groups is 1. The highest BCUT2D eigenvalue weighted by molar-refractivity contribution is 6.23. The highest BCUT2D eigenvalue weighted by atomic mass is 16.5. The van der Waals surface area contributed by atoms with E-state index in [1.165, 1.54) is 17.6 Å². The maximum Gasteiger partial charge on any atom is 0.339 e. The van der Waals surface area contributed by atoms with Gasteiger partial charge in [0.2, 0.25) is 11.8 Å². The number of fused-ring (bicyclic) bond motifs is 6. The molecule has 1 saturated heterocycles. The van der Waals surface area contributed by atoms with Crippen LogP contribution in [0.25, 0.3) is 22.2 Å². The van der Waals surface area contributed by atoms with Crippen molar-refractivity contribution in [3.63, 3.8) is 0 Å². The first-order valence-electron chi connectivity index (χ1n) is 14.2. The minimum Gasteiger partial charge on any atom is -0.497 e. The lowest BCUT2D eigenvalue weighted by Gasteiger charge is -2.19. The summed E-state index contributed by atoms with van der Waals surface area (Å²) in [5.74, 6) is -0.962. The molecule has 2 amide bonds. The third-order valence-corrected chi connectivity index (χ3v) is 8.96. The summed E-state index contributed by atoms with van der Waals surface area (Å²) in [4.78, 5) is 58.8. The fraction of sp³-hybridized carbons (Fsp3) is 0.229. The molecule has 8 heteroatoms. The monoisotopic (exact) mass is 572 g/mol. The number of ether oxygens (including phenoxy) is 2. The molecule has 8 nitrogen and oxygen atoms in total. The van der Waals surface area contributed by atoms with Crippen LogP contribution in [0, 0.1) is 23.7 Å². The van der Waals surface area contributed by atoms with Crippen LogP contribution in [0.4, 0.5) is 5.69 Å². The van der Waals surface area contributed by atoms with Crippen LogP contribution in [0.2, 0.25) is 0 Å². The molecule has 4 aromatic rings. The number of methoxy groups -OCH3 is 1. The van der Waals surface area contributed by atoms with Crippen LogP contribution in [-0.2, 0) is 14.3 Å². The standard InChI is InChI=1S/C35H28N2O6/c1-19-14-22-16-26(19)32-31(22)33(39)37(34(32)40)23-12-10-20(11-13-23)29-17-27(25-8-3-4-9-28(25)36-29)35(41)43-18-30(38)21-6-5-7-24(15-21)42-2/h3-15,17,22,26,31-32H,16,18H2,1-2H3. The maximum absolute atomic E-state index is 13.4.